The van der Waals surface area contributed by atoms with Crippen LogP contribution in [0.2, 0.25) is 0 Å². The topological polar surface area (TPSA) is 86.9 Å². The van der Waals surface area contributed by atoms with Crippen molar-refractivity contribution in [3.63, 3.8) is 0 Å². The van der Waals surface area contributed by atoms with Gasteiger partial charge in [-0.3, -0.25) is 9.20 Å². The summed E-state index contributed by atoms with van der Waals surface area (Å²) in [7, 11) is 0. The van der Waals surface area contributed by atoms with Gasteiger partial charge in [0.15, 0.2) is 11.6 Å². The first-order chi connectivity index (χ1) is 16.7. The van der Waals surface area contributed by atoms with Gasteiger partial charge in [0.1, 0.15) is 11.5 Å². The number of carboxylic acids is 1. The third kappa shape index (κ3) is 3.99. The third-order valence-corrected chi connectivity index (χ3v) is 6.24. The quantitative estimate of drug-likeness (QED) is 0.435. The van der Waals surface area contributed by atoms with Gasteiger partial charge in [-0.15, -0.1) is 0 Å². The largest absolute Gasteiger partial charge is 0.478 e. The summed E-state index contributed by atoms with van der Waals surface area (Å²) >= 11 is 0. The van der Waals surface area contributed by atoms with Crippen molar-refractivity contribution < 1.29 is 18.7 Å². The summed E-state index contributed by atoms with van der Waals surface area (Å²) in [6.45, 7) is 4.12. The van der Waals surface area contributed by atoms with E-state index in [9.17, 15) is 23.5 Å². The number of hydrogen-bond donors (Lipinski definition) is 2. The molecule has 0 unspecified atom stereocenters. The Morgan fingerprint density at radius 3 is 2.69 bits per heavy atom. The third-order valence-electron chi connectivity index (χ3n) is 6.24. The number of para-hydroxylation sites is 1. The minimum absolute atomic E-state index is 0.0997. The molecule has 2 aromatic carbocycles. The van der Waals surface area contributed by atoms with Crippen molar-refractivity contribution in [3.05, 3.63) is 105 Å². The number of rotatable bonds is 5. The summed E-state index contributed by atoms with van der Waals surface area (Å²) < 4.78 is 29.4. The maximum atomic E-state index is 14.3. The standard InChI is InChI=1S/C26H22F2N4O3/c1-14-9-18(15(2)29-21-6-4-3-5-17(21)26(34)35)25-30-22(10-23(33)32(25)11-14)31-12-16-7-8-20(27)24(28)19(16)13-31/h3-11,15,29H,12-13H2,1-2H3,(H,34,35)/t15-/m1/s1. The van der Waals surface area contributed by atoms with Gasteiger partial charge in [0.25, 0.3) is 5.56 Å². The van der Waals surface area contributed by atoms with Crippen LogP contribution in [-0.2, 0) is 13.1 Å². The van der Waals surface area contributed by atoms with Crippen LogP contribution in [0.4, 0.5) is 20.3 Å². The van der Waals surface area contributed by atoms with Gasteiger partial charge in [0, 0.05) is 42.2 Å². The first-order valence-electron chi connectivity index (χ1n) is 11.1. The molecular weight excluding hydrogens is 454 g/mol. The summed E-state index contributed by atoms with van der Waals surface area (Å²) in [5, 5.41) is 12.7. The molecule has 1 aliphatic heterocycles. The molecule has 0 aliphatic carbocycles. The number of halogens is 2. The maximum Gasteiger partial charge on any atom is 0.337 e. The fourth-order valence-corrected chi connectivity index (χ4v) is 4.51. The molecule has 7 nitrogen and oxygen atoms in total. The summed E-state index contributed by atoms with van der Waals surface area (Å²) in [5.41, 5.74) is 3.09. The van der Waals surface area contributed by atoms with Gasteiger partial charge in [-0.25, -0.2) is 18.6 Å². The zero-order valence-corrected chi connectivity index (χ0v) is 19.0. The summed E-state index contributed by atoms with van der Waals surface area (Å²) in [6, 6.07) is 12.1. The number of aromatic nitrogens is 2. The van der Waals surface area contributed by atoms with E-state index < -0.39 is 23.6 Å². The number of hydrogen-bond acceptors (Lipinski definition) is 5. The Hall–Kier alpha value is -4.27. The predicted molar refractivity (Wildman–Crippen MR) is 128 cm³/mol. The molecular formula is C26H22F2N4O3. The van der Waals surface area contributed by atoms with Crippen LogP contribution in [-0.4, -0.2) is 20.5 Å². The van der Waals surface area contributed by atoms with E-state index in [0.29, 0.717) is 34.8 Å². The monoisotopic (exact) mass is 476 g/mol. The number of pyridine rings is 1. The molecule has 2 N–H and O–H groups in total. The molecule has 0 saturated heterocycles. The van der Waals surface area contributed by atoms with E-state index in [4.69, 9.17) is 4.98 Å². The van der Waals surface area contributed by atoms with Gasteiger partial charge in [-0.1, -0.05) is 18.2 Å². The first-order valence-corrected chi connectivity index (χ1v) is 11.1. The zero-order chi connectivity index (χ0) is 24.9. The van der Waals surface area contributed by atoms with Crippen molar-refractivity contribution >= 4 is 23.1 Å². The molecule has 5 rings (SSSR count). The molecule has 0 spiro atoms. The Morgan fingerprint density at radius 2 is 1.91 bits per heavy atom. The highest BCUT2D eigenvalue weighted by Gasteiger charge is 2.26. The lowest BCUT2D eigenvalue weighted by atomic mass is 10.1. The molecule has 178 valence electrons. The molecule has 9 heteroatoms. The Bertz CT molecular complexity index is 1550. The SMILES string of the molecule is Cc1cc([C@@H](C)Nc2ccccc2C(=O)O)c2nc(N3Cc4ccc(F)c(F)c4C3)cc(=O)n2c1. The number of carbonyl (C=O) groups is 1. The fourth-order valence-electron chi connectivity index (χ4n) is 4.51. The lowest BCUT2D eigenvalue weighted by Crippen LogP contribution is -2.23. The molecule has 2 aromatic heterocycles. The van der Waals surface area contributed by atoms with Crippen LogP contribution in [0.5, 0.6) is 0 Å². The van der Waals surface area contributed by atoms with Crippen LogP contribution in [0.3, 0.4) is 0 Å². The summed E-state index contributed by atoms with van der Waals surface area (Å²) in [4.78, 5) is 31.1. The van der Waals surface area contributed by atoms with E-state index in [0.717, 1.165) is 11.6 Å². The Balaban J connectivity index is 1.56. The Morgan fingerprint density at radius 1 is 1.14 bits per heavy atom. The maximum absolute atomic E-state index is 14.3. The molecule has 0 saturated carbocycles. The van der Waals surface area contributed by atoms with Crippen LogP contribution >= 0.6 is 0 Å². The van der Waals surface area contributed by atoms with Crippen LogP contribution < -0.4 is 15.8 Å². The van der Waals surface area contributed by atoms with Gasteiger partial charge in [0.05, 0.1) is 11.6 Å². The molecule has 4 aromatic rings. The number of nitrogens with zero attached hydrogens (tertiary/aromatic N) is 3. The van der Waals surface area contributed by atoms with E-state index in [-0.39, 0.29) is 23.2 Å². The van der Waals surface area contributed by atoms with Gasteiger partial charge in [-0.05, 0) is 49.2 Å². The molecule has 0 fully saturated rings. The summed E-state index contributed by atoms with van der Waals surface area (Å²) in [6.07, 6.45) is 1.68. The number of aromatic carboxylic acids is 1. The second-order valence-corrected chi connectivity index (χ2v) is 8.69. The van der Waals surface area contributed by atoms with Crippen LogP contribution in [0, 0.1) is 18.6 Å². The zero-order valence-electron chi connectivity index (χ0n) is 19.0. The minimum atomic E-state index is -1.05. The van der Waals surface area contributed by atoms with E-state index >= 15 is 0 Å². The highest BCUT2D eigenvalue weighted by Crippen LogP contribution is 2.31. The van der Waals surface area contributed by atoms with Crippen LogP contribution in [0.15, 0.2) is 59.5 Å². The number of aryl methyl sites for hydroxylation is 1. The second kappa shape index (κ2) is 8.50. The van der Waals surface area contributed by atoms with Gasteiger partial charge in [-0.2, -0.15) is 0 Å². The lowest BCUT2D eigenvalue weighted by molar-refractivity contribution is 0.0698. The van der Waals surface area contributed by atoms with E-state index in [2.05, 4.69) is 5.32 Å². The second-order valence-electron chi connectivity index (χ2n) is 8.69. The number of anilines is 2. The van der Waals surface area contributed by atoms with Crippen molar-refractivity contribution in [3.8, 4) is 0 Å². The van der Waals surface area contributed by atoms with Crippen molar-refractivity contribution in [1.29, 1.82) is 0 Å². The number of fused-ring (bicyclic) bond motifs is 2. The van der Waals surface area contributed by atoms with Crippen molar-refractivity contribution in [2.24, 2.45) is 0 Å². The molecule has 0 amide bonds. The Labute approximate surface area is 199 Å². The van der Waals surface area contributed by atoms with E-state index in [1.54, 1.807) is 35.4 Å². The molecule has 35 heavy (non-hydrogen) atoms. The number of carboxylic acid groups (broad SMARTS) is 1. The Kier molecular flexibility index (Phi) is 5.47. The van der Waals surface area contributed by atoms with Crippen molar-refractivity contribution in [2.75, 3.05) is 10.2 Å². The molecule has 0 bridgehead atoms. The highest BCUT2D eigenvalue weighted by molar-refractivity contribution is 5.94. The van der Waals surface area contributed by atoms with Gasteiger partial charge >= 0.3 is 5.97 Å². The van der Waals surface area contributed by atoms with Crippen molar-refractivity contribution in [1.82, 2.24) is 9.38 Å². The molecule has 1 aliphatic rings. The minimum Gasteiger partial charge on any atom is -0.478 e. The van der Waals surface area contributed by atoms with Gasteiger partial charge < -0.3 is 15.3 Å². The van der Waals surface area contributed by atoms with Gasteiger partial charge in [0.2, 0.25) is 0 Å². The highest BCUT2D eigenvalue weighted by atomic mass is 19.2. The molecule has 3 heterocycles. The van der Waals surface area contributed by atoms with E-state index in [1.165, 1.54) is 16.5 Å². The average Bonchev–Trinajstić information content (AvgIpc) is 3.27. The van der Waals surface area contributed by atoms with Crippen molar-refractivity contribution in [2.45, 2.75) is 33.0 Å². The number of nitrogens with one attached hydrogen (secondary N) is 1. The number of benzene rings is 2. The van der Waals surface area contributed by atoms with E-state index in [1.807, 2.05) is 19.9 Å². The summed E-state index contributed by atoms with van der Waals surface area (Å²) in [5.74, 6) is -2.48. The molecule has 1 atom stereocenters. The van der Waals surface area contributed by atoms with Crippen LogP contribution in [0.25, 0.3) is 5.65 Å². The van der Waals surface area contributed by atoms with Crippen LogP contribution in [0.1, 0.15) is 45.6 Å². The normalized spacial score (nSPS) is 13.7. The first kappa shape index (κ1) is 22.5. The smallest absolute Gasteiger partial charge is 0.337 e. The fraction of sp³-hybridized carbons (Fsp3) is 0.192. The lowest BCUT2D eigenvalue weighted by Gasteiger charge is -2.21. The predicted octanol–water partition coefficient (Wildman–Crippen LogP) is 4.67. The average molecular weight is 476 g/mol. The molecule has 0 radical (unpaired) electrons.